The Morgan fingerprint density at radius 3 is 3.06 bits per heavy atom. The highest BCUT2D eigenvalue weighted by Gasteiger charge is 2.33. The Balaban J connectivity index is 2.21. The van der Waals surface area contributed by atoms with Crippen LogP contribution in [-0.4, -0.2) is 30.8 Å². The molecule has 1 aliphatic rings. The summed E-state index contributed by atoms with van der Waals surface area (Å²) < 4.78 is 5.43. The Hall–Kier alpha value is -1.55. The van der Waals surface area contributed by atoms with Crippen molar-refractivity contribution >= 4 is 5.97 Å². The van der Waals surface area contributed by atoms with Gasteiger partial charge in [0, 0.05) is 19.0 Å². The normalized spacial score (nSPS) is 23.6. The van der Waals surface area contributed by atoms with Crippen LogP contribution in [0.25, 0.3) is 0 Å². The molecular weight excluding hydrogens is 218 g/mol. The largest absolute Gasteiger partial charge is 0.494 e. The summed E-state index contributed by atoms with van der Waals surface area (Å²) in [5.41, 5.74) is 1.04. The van der Waals surface area contributed by atoms with Crippen LogP contribution in [0.4, 0.5) is 0 Å². The number of benzene rings is 1. The molecule has 0 saturated carbocycles. The van der Waals surface area contributed by atoms with E-state index in [9.17, 15) is 4.79 Å². The Labute approximate surface area is 101 Å². The van der Waals surface area contributed by atoms with E-state index >= 15 is 0 Å². The molecular formula is C13H17NO3. The molecule has 0 amide bonds. The number of hydrogen-bond acceptors (Lipinski definition) is 3. The zero-order chi connectivity index (χ0) is 12.3. The first-order valence-corrected chi connectivity index (χ1v) is 5.88. The average molecular weight is 235 g/mol. The highest BCUT2D eigenvalue weighted by molar-refractivity contribution is 5.72. The number of carboxylic acid groups (broad SMARTS) is 1. The second kappa shape index (κ2) is 5.19. The van der Waals surface area contributed by atoms with Crippen molar-refractivity contribution in [3.8, 4) is 5.75 Å². The minimum absolute atomic E-state index is 0.0351. The van der Waals surface area contributed by atoms with E-state index < -0.39 is 5.97 Å². The van der Waals surface area contributed by atoms with Gasteiger partial charge in [0.1, 0.15) is 5.75 Å². The SMILES string of the molecule is CCOc1cccc(C2CNCC2C(=O)O)c1. The molecule has 1 aromatic carbocycles. The summed E-state index contributed by atoms with van der Waals surface area (Å²) >= 11 is 0. The zero-order valence-electron chi connectivity index (χ0n) is 9.85. The third kappa shape index (κ3) is 2.58. The van der Waals surface area contributed by atoms with E-state index in [1.807, 2.05) is 31.2 Å². The molecule has 0 spiro atoms. The maximum absolute atomic E-state index is 11.1. The molecule has 1 heterocycles. The van der Waals surface area contributed by atoms with Crippen LogP contribution >= 0.6 is 0 Å². The number of hydrogen-bond donors (Lipinski definition) is 2. The number of rotatable bonds is 4. The first-order valence-electron chi connectivity index (χ1n) is 5.88. The molecule has 1 fully saturated rings. The summed E-state index contributed by atoms with van der Waals surface area (Å²) in [5, 5.41) is 12.3. The van der Waals surface area contributed by atoms with Crippen molar-refractivity contribution in [3.05, 3.63) is 29.8 Å². The second-order valence-corrected chi connectivity index (χ2v) is 4.21. The highest BCUT2D eigenvalue weighted by atomic mass is 16.5. The van der Waals surface area contributed by atoms with Gasteiger partial charge in [0.05, 0.1) is 12.5 Å². The summed E-state index contributed by atoms with van der Waals surface area (Å²) in [6.07, 6.45) is 0. The fourth-order valence-electron chi connectivity index (χ4n) is 2.29. The molecule has 2 rings (SSSR count). The standard InChI is InChI=1S/C13H17NO3/c1-2-17-10-5-3-4-9(6-10)11-7-14-8-12(11)13(15)16/h3-6,11-12,14H,2,7-8H2,1H3,(H,15,16). The molecule has 17 heavy (non-hydrogen) atoms. The van der Waals surface area contributed by atoms with Crippen LogP contribution in [0.1, 0.15) is 18.4 Å². The molecule has 4 nitrogen and oxygen atoms in total. The van der Waals surface area contributed by atoms with Crippen LogP contribution in [-0.2, 0) is 4.79 Å². The molecule has 0 radical (unpaired) electrons. The van der Waals surface area contributed by atoms with E-state index in [0.717, 1.165) is 11.3 Å². The number of aliphatic carboxylic acids is 1. The second-order valence-electron chi connectivity index (χ2n) is 4.21. The third-order valence-electron chi connectivity index (χ3n) is 3.13. The van der Waals surface area contributed by atoms with Crippen molar-refractivity contribution in [1.29, 1.82) is 0 Å². The lowest BCUT2D eigenvalue weighted by Crippen LogP contribution is -2.21. The lowest BCUT2D eigenvalue weighted by atomic mass is 9.89. The summed E-state index contributed by atoms with van der Waals surface area (Å²) in [6.45, 7) is 3.81. The first-order chi connectivity index (χ1) is 8.22. The topological polar surface area (TPSA) is 58.6 Å². The minimum atomic E-state index is -0.734. The van der Waals surface area contributed by atoms with E-state index in [2.05, 4.69) is 5.32 Å². The van der Waals surface area contributed by atoms with Crippen LogP contribution in [0.5, 0.6) is 5.75 Å². The molecule has 92 valence electrons. The van der Waals surface area contributed by atoms with E-state index in [0.29, 0.717) is 19.7 Å². The molecule has 0 bridgehead atoms. The Morgan fingerprint density at radius 2 is 2.35 bits per heavy atom. The van der Waals surface area contributed by atoms with E-state index in [1.165, 1.54) is 0 Å². The van der Waals surface area contributed by atoms with E-state index in [4.69, 9.17) is 9.84 Å². The number of carboxylic acids is 1. The van der Waals surface area contributed by atoms with Crippen molar-refractivity contribution in [1.82, 2.24) is 5.32 Å². The monoisotopic (exact) mass is 235 g/mol. The number of carbonyl (C=O) groups is 1. The van der Waals surface area contributed by atoms with Crippen molar-refractivity contribution in [2.75, 3.05) is 19.7 Å². The van der Waals surface area contributed by atoms with Gasteiger partial charge in [0.25, 0.3) is 0 Å². The van der Waals surface area contributed by atoms with Gasteiger partial charge in [-0.1, -0.05) is 12.1 Å². The van der Waals surface area contributed by atoms with Gasteiger partial charge in [-0.2, -0.15) is 0 Å². The smallest absolute Gasteiger partial charge is 0.308 e. The van der Waals surface area contributed by atoms with Crippen molar-refractivity contribution in [2.45, 2.75) is 12.8 Å². The maximum atomic E-state index is 11.1. The highest BCUT2D eigenvalue weighted by Crippen LogP contribution is 2.30. The van der Waals surface area contributed by atoms with Gasteiger partial charge < -0.3 is 15.2 Å². The minimum Gasteiger partial charge on any atom is -0.494 e. The molecule has 0 aromatic heterocycles. The van der Waals surface area contributed by atoms with Crippen molar-refractivity contribution in [3.63, 3.8) is 0 Å². The Morgan fingerprint density at radius 1 is 1.53 bits per heavy atom. The zero-order valence-corrected chi connectivity index (χ0v) is 9.85. The summed E-state index contributed by atoms with van der Waals surface area (Å²) in [4.78, 5) is 11.1. The molecule has 0 aliphatic carbocycles. The fourth-order valence-corrected chi connectivity index (χ4v) is 2.29. The summed E-state index contributed by atoms with van der Waals surface area (Å²) in [7, 11) is 0. The van der Waals surface area contributed by atoms with Crippen molar-refractivity contribution < 1.29 is 14.6 Å². The first kappa shape index (κ1) is 11.9. The van der Waals surface area contributed by atoms with Gasteiger partial charge in [-0.05, 0) is 24.6 Å². The fraction of sp³-hybridized carbons (Fsp3) is 0.462. The lowest BCUT2D eigenvalue weighted by molar-refractivity contribution is -0.141. The average Bonchev–Trinajstić information content (AvgIpc) is 2.79. The Kier molecular flexibility index (Phi) is 3.64. The van der Waals surface area contributed by atoms with Gasteiger partial charge in [0.15, 0.2) is 0 Å². The van der Waals surface area contributed by atoms with Crippen LogP contribution in [0.3, 0.4) is 0 Å². The molecule has 2 N–H and O–H groups in total. The maximum Gasteiger partial charge on any atom is 0.308 e. The van der Waals surface area contributed by atoms with Gasteiger partial charge in [-0.25, -0.2) is 0 Å². The molecule has 2 unspecified atom stereocenters. The molecule has 1 saturated heterocycles. The molecule has 2 atom stereocenters. The molecule has 1 aliphatic heterocycles. The number of ether oxygens (including phenoxy) is 1. The quantitative estimate of drug-likeness (QED) is 0.829. The van der Waals surface area contributed by atoms with Crippen LogP contribution in [0.15, 0.2) is 24.3 Å². The van der Waals surface area contributed by atoms with Gasteiger partial charge >= 0.3 is 5.97 Å². The van der Waals surface area contributed by atoms with Gasteiger partial charge in [-0.3, -0.25) is 4.79 Å². The predicted octanol–water partition coefficient (Wildman–Crippen LogP) is 1.47. The molecule has 1 aromatic rings. The summed E-state index contributed by atoms with van der Waals surface area (Å²) in [6, 6.07) is 7.72. The van der Waals surface area contributed by atoms with Crippen LogP contribution in [0.2, 0.25) is 0 Å². The van der Waals surface area contributed by atoms with Crippen LogP contribution in [0, 0.1) is 5.92 Å². The predicted molar refractivity (Wildman–Crippen MR) is 64.3 cm³/mol. The summed E-state index contributed by atoms with van der Waals surface area (Å²) in [5.74, 6) is -0.234. The van der Waals surface area contributed by atoms with Crippen LogP contribution < -0.4 is 10.1 Å². The number of nitrogens with one attached hydrogen (secondary N) is 1. The third-order valence-corrected chi connectivity index (χ3v) is 3.13. The lowest BCUT2D eigenvalue weighted by Gasteiger charge is -2.16. The van der Waals surface area contributed by atoms with Gasteiger partial charge in [0.2, 0.25) is 0 Å². The van der Waals surface area contributed by atoms with E-state index in [1.54, 1.807) is 0 Å². The molecule has 4 heteroatoms. The van der Waals surface area contributed by atoms with E-state index in [-0.39, 0.29) is 11.8 Å². The van der Waals surface area contributed by atoms with Gasteiger partial charge in [-0.15, -0.1) is 0 Å². The van der Waals surface area contributed by atoms with Crippen molar-refractivity contribution in [2.24, 2.45) is 5.92 Å². The Bertz CT molecular complexity index is 405.